The first-order chi connectivity index (χ1) is 8.83. The molecular formula is C14H15NO3. The summed E-state index contributed by atoms with van der Waals surface area (Å²) in [6.45, 7) is 2.03. The van der Waals surface area contributed by atoms with Gasteiger partial charge in [-0.1, -0.05) is 0 Å². The topological polar surface area (TPSA) is 47.9 Å². The molecule has 94 valence electrons. The van der Waals surface area contributed by atoms with Gasteiger partial charge >= 0.3 is 0 Å². The number of aliphatic imine (C=N–C) groups is 1. The zero-order valence-corrected chi connectivity index (χ0v) is 10.1. The Morgan fingerprint density at radius 3 is 3.06 bits per heavy atom. The van der Waals surface area contributed by atoms with E-state index >= 15 is 0 Å². The van der Waals surface area contributed by atoms with Crippen LogP contribution in [0.4, 0.5) is 0 Å². The summed E-state index contributed by atoms with van der Waals surface area (Å²) in [6.07, 6.45) is 2.26. The second-order valence-corrected chi connectivity index (χ2v) is 4.50. The largest absolute Gasteiger partial charge is 0.493 e. The van der Waals surface area contributed by atoms with Gasteiger partial charge in [-0.2, -0.15) is 0 Å². The highest BCUT2D eigenvalue weighted by Gasteiger charge is 2.17. The number of carbonyl (C=O) groups excluding carboxylic acids is 1. The summed E-state index contributed by atoms with van der Waals surface area (Å²) < 4.78 is 10.8. The molecule has 0 atom stereocenters. The third-order valence-electron chi connectivity index (χ3n) is 3.19. The quantitative estimate of drug-likeness (QED) is 0.765. The van der Waals surface area contributed by atoms with Crippen LogP contribution in [0.1, 0.15) is 28.8 Å². The predicted octanol–water partition coefficient (Wildman–Crippen LogP) is 2.01. The summed E-state index contributed by atoms with van der Waals surface area (Å²) in [7, 11) is 0. The van der Waals surface area contributed by atoms with Crippen molar-refractivity contribution in [1.29, 1.82) is 0 Å². The maximum atomic E-state index is 12.1. The highest BCUT2D eigenvalue weighted by atomic mass is 16.5. The van der Waals surface area contributed by atoms with Crippen LogP contribution in [0, 0.1) is 0 Å². The standard InChI is InChI=1S/C14H15NO3/c16-12(9-14-15-5-7-18-14)10-3-4-13-11(8-10)2-1-6-17-13/h3-4,8H,1-2,5-7,9H2. The summed E-state index contributed by atoms with van der Waals surface area (Å²) in [5.74, 6) is 1.53. The van der Waals surface area contributed by atoms with E-state index < -0.39 is 0 Å². The lowest BCUT2D eigenvalue weighted by atomic mass is 10.0. The van der Waals surface area contributed by atoms with Crippen LogP contribution >= 0.6 is 0 Å². The fraction of sp³-hybridized carbons (Fsp3) is 0.429. The number of ketones is 1. The minimum Gasteiger partial charge on any atom is -0.493 e. The Morgan fingerprint density at radius 2 is 2.22 bits per heavy atom. The Labute approximate surface area is 106 Å². The average molecular weight is 245 g/mol. The molecule has 1 aromatic rings. The molecular weight excluding hydrogens is 230 g/mol. The Balaban J connectivity index is 1.77. The molecule has 0 fully saturated rings. The molecule has 0 aliphatic carbocycles. The van der Waals surface area contributed by atoms with Crippen LogP contribution in [0.5, 0.6) is 5.75 Å². The van der Waals surface area contributed by atoms with Gasteiger partial charge in [0.2, 0.25) is 0 Å². The molecule has 18 heavy (non-hydrogen) atoms. The van der Waals surface area contributed by atoms with E-state index in [0.29, 0.717) is 19.0 Å². The van der Waals surface area contributed by atoms with Gasteiger partial charge in [-0.15, -0.1) is 0 Å². The van der Waals surface area contributed by atoms with E-state index in [9.17, 15) is 4.79 Å². The van der Waals surface area contributed by atoms with Crippen molar-refractivity contribution in [3.8, 4) is 5.75 Å². The summed E-state index contributed by atoms with van der Waals surface area (Å²) in [5.41, 5.74) is 1.85. The minimum absolute atomic E-state index is 0.0593. The van der Waals surface area contributed by atoms with Crippen LogP contribution in [-0.4, -0.2) is 31.4 Å². The number of carbonyl (C=O) groups is 1. The lowest BCUT2D eigenvalue weighted by Gasteiger charge is -2.17. The number of hydrogen-bond donors (Lipinski definition) is 0. The van der Waals surface area contributed by atoms with Crippen molar-refractivity contribution in [2.45, 2.75) is 19.3 Å². The van der Waals surface area contributed by atoms with Gasteiger partial charge in [-0.25, -0.2) is 0 Å². The fourth-order valence-electron chi connectivity index (χ4n) is 2.26. The van der Waals surface area contributed by atoms with Crippen molar-refractivity contribution in [3.63, 3.8) is 0 Å². The first-order valence-corrected chi connectivity index (χ1v) is 6.28. The summed E-state index contributed by atoms with van der Waals surface area (Å²) >= 11 is 0. The van der Waals surface area contributed by atoms with E-state index in [1.165, 1.54) is 0 Å². The second kappa shape index (κ2) is 4.80. The van der Waals surface area contributed by atoms with Crippen LogP contribution in [0.15, 0.2) is 23.2 Å². The Kier molecular flexibility index (Phi) is 3.00. The maximum absolute atomic E-state index is 12.1. The third-order valence-corrected chi connectivity index (χ3v) is 3.19. The molecule has 0 radical (unpaired) electrons. The average Bonchev–Trinajstić information content (AvgIpc) is 2.91. The molecule has 0 aromatic heterocycles. The third kappa shape index (κ3) is 2.23. The SMILES string of the molecule is O=C(CC1=NCCO1)c1ccc2c(c1)CCCO2. The van der Waals surface area contributed by atoms with Crippen molar-refractivity contribution in [2.75, 3.05) is 19.8 Å². The monoisotopic (exact) mass is 245 g/mol. The number of Topliss-reactive ketones (excluding diaryl/α,β-unsaturated/α-hetero) is 1. The van der Waals surface area contributed by atoms with Crippen molar-refractivity contribution in [2.24, 2.45) is 4.99 Å². The Morgan fingerprint density at radius 1 is 1.28 bits per heavy atom. The van der Waals surface area contributed by atoms with Crippen LogP contribution in [0.2, 0.25) is 0 Å². The van der Waals surface area contributed by atoms with Crippen molar-refractivity contribution >= 4 is 11.7 Å². The van der Waals surface area contributed by atoms with Gasteiger partial charge in [0.15, 0.2) is 11.7 Å². The number of ether oxygens (including phenoxy) is 2. The first-order valence-electron chi connectivity index (χ1n) is 6.28. The van der Waals surface area contributed by atoms with E-state index in [0.717, 1.165) is 36.3 Å². The molecule has 4 heteroatoms. The molecule has 0 spiro atoms. The van der Waals surface area contributed by atoms with Crippen molar-refractivity contribution in [1.82, 2.24) is 0 Å². The Bertz CT molecular complexity index is 508. The molecule has 4 nitrogen and oxygen atoms in total. The minimum atomic E-state index is 0.0593. The smallest absolute Gasteiger partial charge is 0.191 e. The number of fused-ring (bicyclic) bond motifs is 1. The molecule has 0 saturated heterocycles. The van der Waals surface area contributed by atoms with E-state index in [-0.39, 0.29) is 12.2 Å². The number of nitrogens with zero attached hydrogens (tertiary/aromatic N) is 1. The molecule has 2 aliphatic rings. The molecule has 3 rings (SSSR count). The number of benzene rings is 1. The van der Waals surface area contributed by atoms with Crippen LogP contribution in [-0.2, 0) is 11.2 Å². The zero-order valence-electron chi connectivity index (χ0n) is 10.1. The van der Waals surface area contributed by atoms with Crippen molar-refractivity contribution < 1.29 is 14.3 Å². The van der Waals surface area contributed by atoms with Crippen molar-refractivity contribution in [3.05, 3.63) is 29.3 Å². The van der Waals surface area contributed by atoms with Gasteiger partial charge in [0.25, 0.3) is 0 Å². The maximum Gasteiger partial charge on any atom is 0.191 e. The lowest BCUT2D eigenvalue weighted by molar-refractivity contribution is 0.0994. The summed E-state index contributed by atoms with van der Waals surface area (Å²) in [6, 6.07) is 5.65. The van der Waals surface area contributed by atoms with Crippen LogP contribution in [0.3, 0.4) is 0 Å². The predicted molar refractivity (Wildman–Crippen MR) is 67.5 cm³/mol. The normalized spacial score (nSPS) is 17.4. The van der Waals surface area contributed by atoms with Crippen LogP contribution < -0.4 is 4.74 Å². The van der Waals surface area contributed by atoms with E-state index in [1.54, 1.807) is 0 Å². The van der Waals surface area contributed by atoms with E-state index in [1.807, 2.05) is 18.2 Å². The molecule has 0 N–H and O–H groups in total. The van der Waals surface area contributed by atoms with Crippen LogP contribution in [0.25, 0.3) is 0 Å². The first kappa shape index (κ1) is 11.3. The molecule has 0 unspecified atom stereocenters. The van der Waals surface area contributed by atoms with Gasteiger partial charge in [-0.3, -0.25) is 9.79 Å². The number of rotatable bonds is 3. The lowest BCUT2D eigenvalue weighted by Crippen LogP contribution is -2.12. The van der Waals surface area contributed by atoms with E-state index in [2.05, 4.69) is 4.99 Å². The number of hydrogen-bond acceptors (Lipinski definition) is 4. The fourth-order valence-corrected chi connectivity index (χ4v) is 2.26. The summed E-state index contributed by atoms with van der Waals surface area (Å²) in [4.78, 5) is 16.2. The Hall–Kier alpha value is -1.84. The zero-order chi connectivity index (χ0) is 12.4. The highest BCUT2D eigenvalue weighted by molar-refractivity contribution is 6.07. The highest BCUT2D eigenvalue weighted by Crippen LogP contribution is 2.26. The van der Waals surface area contributed by atoms with Gasteiger partial charge in [0, 0.05) is 5.56 Å². The molecule has 2 aliphatic heterocycles. The van der Waals surface area contributed by atoms with Gasteiger partial charge < -0.3 is 9.47 Å². The van der Waals surface area contributed by atoms with Gasteiger partial charge in [0.1, 0.15) is 12.4 Å². The van der Waals surface area contributed by atoms with Gasteiger partial charge in [0.05, 0.1) is 19.6 Å². The molecule has 1 aromatic carbocycles. The molecule has 0 bridgehead atoms. The second-order valence-electron chi connectivity index (χ2n) is 4.50. The van der Waals surface area contributed by atoms with E-state index in [4.69, 9.17) is 9.47 Å². The van der Waals surface area contributed by atoms with Gasteiger partial charge in [-0.05, 0) is 36.6 Å². The summed E-state index contributed by atoms with van der Waals surface area (Å²) in [5, 5.41) is 0. The molecule has 2 heterocycles. The number of aryl methyl sites for hydroxylation is 1. The molecule has 0 amide bonds. The molecule has 0 saturated carbocycles.